The number of rotatable bonds is 5. The van der Waals surface area contributed by atoms with Gasteiger partial charge >= 0.3 is 0 Å². The molecule has 0 aliphatic rings. The standard InChI is InChI=1S/C15H19N3O2/c1-10(2)14-13(11(3)18-20-14)15(19)17-9-7-12-6-4-5-8-16-12/h4-6,8,10H,7,9H2,1-3H3,(H,17,19). The van der Waals surface area contributed by atoms with E-state index in [1.165, 1.54) is 0 Å². The van der Waals surface area contributed by atoms with Crippen LogP contribution in [0, 0.1) is 6.92 Å². The molecule has 0 fully saturated rings. The molecule has 0 aromatic carbocycles. The summed E-state index contributed by atoms with van der Waals surface area (Å²) < 4.78 is 5.22. The molecule has 0 atom stereocenters. The predicted molar refractivity (Wildman–Crippen MR) is 75.6 cm³/mol. The van der Waals surface area contributed by atoms with Crippen molar-refractivity contribution in [1.29, 1.82) is 0 Å². The van der Waals surface area contributed by atoms with Gasteiger partial charge in [-0.25, -0.2) is 0 Å². The highest BCUT2D eigenvalue weighted by atomic mass is 16.5. The van der Waals surface area contributed by atoms with Gasteiger partial charge in [0.2, 0.25) is 0 Å². The number of hydrogen-bond donors (Lipinski definition) is 1. The van der Waals surface area contributed by atoms with Crippen molar-refractivity contribution < 1.29 is 9.32 Å². The smallest absolute Gasteiger partial charge is 0.256 e. The maximum atomic E-state index is 12.2. The Kier molecular flexibility index (Phi) is 4.50. The molecule has 0 bridgehead atoms. The molecule has 0 aliphatic carbocycles. The molecule has 2 aromatic heterocycles. The van der Waals surface area contributed by atoms with E-state index in [0.717, 1.165) is 5.69 Å². The Morgan fingerprint density at radius 3 is 2.85 bits per heavy atom. The van der Waals surface area contributed by atoms with E-state index in [2.05, 4.69) is 15.5 Å². The Hall–Kier alpha value is -2.17. The van der Waals surface area contributed by atoms with E-state index in [9.17, 15) is 4.79 Å². The highest BCUT2D eigenvalue weighted by Gasteiger charge is 2.22. The number of pyridine rings is 1. The highest BCUT2D eigenvalue weighted by molar-refractivity contribution is 5.96. The van der Waals surface area contributed by atoms with Crippen LogP contribution in [0.2, 0.25) is 0 Å². The van der Waals surface area contributed by atoms with Crippen molar-refractivity contribution in [2.75, 3.05) is 6.54 Å². The first-order valence-electron chi connectivity index (χ1n) is 6.74. The van der Waals surface area contributed by atoms with Gasteiger partial charge < -0.3 is 9.84 Å². The van der Waals surface area contributed by atoms with E-state index in [1.54, 1.807) is 13.1 Å². The fourth-order valence-corrected chi connectivity index (χ4v) is 2.00. The summed E-state index contributed by atoms with van der Waals surface area (Å²) in [6.45, 7) is 6.27. The van der Waals surface area contributed by atoms with Crippen LogP contribution in [0.4, 0.5) is 0 Å². The summed E-state index contributed by atoms with van der Waals surface area (Å²) in [5, 5.41) is 6.77. The van der Waals surface area contributed by atoms with Crippen molar-refractivity contribution in [3.05, 3.63) is 47.1 Å². The molecule has 0 aliphatic heterocycles. The number of amides is 1. The van der Waals surface area contributed by atoms with Gasteiger partial charge in [-0.1, -0.05) is 25.1 Å². The summed E-state index contributed by atoms with van der Waals surface area (Å²) in [7, 11) is 0. The van der Waals surface area contributed by atoms with Crippen molar-refractivity contribution in [2.24, 2.45) is 0 Å². The minimum Gasteiger partial charge on any atom is -0.360 e. The van der Waals surface area contributed by atoms with Gasteiger partial charge in [-0.15, -0.1) is 0 Å². The second kappa shape index (κ2) is 6.32. The molecule has 2 heterocycles. The summed E-state index contributed by atoms with van der Waals surface area (Å²) in [6, 6.07) is 5.75. The SMILES string of the molecule is Cc1noc(C(C)C)c1C(=O)NCCc1ccccn1. The second-order valence-corrected chi connectivity index (χ2v) is 4.99. The Bertz CT molecular complexity index is 576. The van der Waals surface area contributed by atoms with Crippen LogP contribution in [0.1, 0.15) is 47.3 Å². The fourth-order valence-electron chi connectivity index (χ4n) is 2.00. The molecule has 2 aromatic rings. The molecule has 106 valence electrons. The first kappa shape index (κ1) is 14.2. The van der Waals surface area contributed by atoms with Crippen LogP contribution in [-0.4, -0.2) is 22.6 Å². The highest BCUT2D eigenvalue weighted by Crippen LogP contribution is 2.21. The lowest BCUT2D eigenvalue weighted by molar-refractivity contribution is 0.0951. The van der Waals surface area contributed by atoms with E-state index in [0.29, 0.717) is 30.0 Å². The maximum absolute atomic E-state index is 12.2. The van der Waals surface area contributed by atoms with Crippen LogP contribution in [0.5, 0.6) is 0 Å². The number of carbonyl (C=O) groups is 1. The molecule has 0 unspecified atom stereocenters. The topological polar surface area (TPSA) is 68.0 Å². The molecule has 5 nitrogen and oxygen atoms in total. The third-order valence-corrected chi connectivity index (χ3v) is 3.03. The van der Waals surface area contributed by atoms with Gasteiger partial charge in [0.05, 0.1) is 5.69 Å². The number of carbonyl (C=O) groups excluding carboxylic acids is 1. The largest absolute Gasteiger partial charge is 0.360 e. The zero-order chi connectivity index (χ0) is 14.5. The zero-order valence-electron chi connectivity index (χ0n) is 12.0. The summed E-state index contributed by atoms with van der Waals surface area (Å²) in [5.41, 5.74) is 2.14. The van der Waals surface area contributed by atoms with Crippen LogP contribution in [-0.2, 0) is 6.42 Å². The van der Waals surface area contributed by atoms with Crippen molar-refractivity contribution in [3.8, 4) is 0 Å². The monoisotopic (exact) mass is 273 g/mol. The zero-order valence-corrected chi connectivity index (χ0v) is 12.0. The molecule has 0 spiro atoms. The molecule has 0 saturated heterocycles. The van der Waals surface area contributed by atoms with Crippen molar-refractivity contribution in [1.82, 2.24) is 15.5 Å². The number of hydrogen-bond acceptors (Lipinski definition) is 4. The molecule has 0 radical (unpaired) electrons. The van der Waals surface area contributed by atoms with Gasteiger partial charge in [0.15, 0.2) is 5.76 Å². The van der Waals surface area contributed by atoms with Gasteiger partial charge in [0, 0.05) is 30.8 Å². The molecular formula is C15H19N3O2. The number of aromatic nitrogens is 2. The van der Waals surface area contributed by atoms with E-state index in [-0.39, 0.29) is 11.8 Å². The van der Waals surface area contributed by atoms with E-state index < -0.39 is 0 Å². The van der Waals surface area contributed by atoms with Crippen LogP contribution in [0.3, 0.4) is 0 Å². The number of aryl methyl sites for hydroxylation is 1. The van der Waals surface area contributed by atoms with Gasteiger partial charge in [-0.2, -0.15) is 0 Å². The van der Waals surface area contributed by atoms with Crippen LogP contribution in [0.15, 0.2) is 28.9 Å². The lowest BCUT2D eigenvalue weighted by Gasteiger charge is -2.06. The molecular weight excluding hydrogens is 254 g/mol. The Morgan fingerprint density at radius 1 is 1.40 bits per heavy atom. The molecule has 1 amide bonds. The fraction of sp³-hybridized carbons (Fsp3) is 0.400. The average Bonchev–Trinajstić information content (AvgIpc) is 2.82. The summed E-state index contributed by atoms with van der Waals surface area (Å²) >= 11 is 0. The molecule has 1 N–H and O–H groups in total. The van der Waals surface area contributed by atoms with E-state index in [4.69, 9.17) is 4.52 Å². The van der Waals surface area contributed by atoms with Crippen LogP contribution >= 0.6 is 0 Å². The van der Waals surface area contributed by atoms with Gasteiger partial charge in [0.25, 0.3) is 5.91 Å². The predicted octanol–water partition coefficient (Wildman–Crippen LogP) is 2.47. The first-order valence-corrected chi connectivity index (χ1v) is 6.74. The van der Waals surface area contributed by atoms with Gasteiger partial charge in [-0.3, -0.25) is 9.78 Å². The molecule has 5 heteroatoms. The van der Waals surface area contributed by atoms with Crippen molar-refractivity contribution in [3.63, 3.8) is 0 Å². The van der Waals surface area contributed by atoms with Crippen molar-refractivity contribution in [2.45, 2.75) is 33.1 Å². The maximum Gasteiger partial charge on any atom is 0.256 e. The third kappa shape index (κ3) is 3.23. The van der Waals surface area contributed by atoms with E-state index in [1.807, 2.05) is 32.0 Å². The Labute approximate surface area is 118 Å². The summed E-state index contributed by atoms with van der Waals surface area (Å²) in [6.07, 6.45) is 2.45. The first-order chi connectivity index (χ1) is 9.59. The molecule has 20 heavy (non-hydrogen) atoms. The van der Waals surface area contributed by atoms with E-state index >= 15 is 0 Å². The quantitative estimate of drug-likeness (QED) is 0.908. The summed E-state index contributed by atoms with van der Waals surface area (Å²) in [5.74, 6) is 0.633. The summed E-state index contributed by atoms with van der Waals surface area (Å²) in [4.78, 5) is 16.4. The van der Waals surface area contributed by atoms with Gasteiger partial charge in [-0.05, 0) is 19.1 Å². The molecule has 2 rings (SSSR count). The third-order valence-electron chi connectivity index (χ3n) is 3.03. The Morgan fingerprint density at radius 2 is 2.20 bits per heavy atom. The number of nitrogens with one attached hydrogen (secondary N) is 1. The van der Waals surface area contributed by atoms with Gasteiger partial charge in [0.1, 0.15) is 5.56 Å². The minimum absolute atomic E-state index is 0.132. The lowest BCUT2D eigenvalue weighted by Crippen LogP contribution is -2.27. The molecule has 0 saturated carbocycles. The van der Waals surface area contributed by atoms with Crippen LogP contribution in [0.25, 0.3) is 0 Å². The Balaban J connectivity index is 1.97. The second-order valence-electron chi connectivity index (χ2n) is 4.99. The number of nitrogens with zero attached hydrogens (tertiary/aromatic N) is 2. The van der Waals surface area contributed by atoms with Crippen molar-refractivity contribution >= 4 is 5.91 Å². The lowest BCUT2D eigenvalue weighted by atomic mass is 10.0. The van der Waals surface area contributed by atoms with Crippen LogP contribution < -0.4 is 5.32 Å². The normalized spacial score (nSPS) is 10.8. The average molecular weight is 273 g/mol. The minimum atomic E-state index is -0.136.